The lowest BCUT2D eigenvalue weighted by atomic mass is 9.91. The Kier molecular flexibility index (Phi) is 3.16. The largest absolute Gasteiger partial charge is 0.324 e. The molecular formula is C15H19NO. The van der Waals surface area contributed by atoms with Crippen molar-refractivity contribution >= 4 is 5.78 Å². The number of hydrogen-bond acceptors (Lipinski definition) is 2. The van der Waals surface area contributed by atoms with E-state index in [1.807, 2.05) is 32.1 Å². The maximum atomic E-state index is 12.4. The number of rotatable bonds is 2. The summed E-state index contributed by atoms with van der Waals surface area (Å²) in [5.41, 5.74) is 10.1. The molecule has 0 fully saturated rings. The van der Waals surface area contributed by atoms with E-state index in [2.05, 4.69) is 13.0 Å². The van der Waals surface area contributed by atoms with Gasteiger partial charge in [0, 0.05) is 17.5 Å². The molecule has 0 amide bonds. The van der Waals surface area contributed by atoms with Crippen LogP contribution in [0.2, 0.25) is 0 Å². The molecule has 0 saturated carbocycles. The summed E-state index contributed by atoms with van der Waals surface area (Å²) in [7, 11) is 0. The van der Waals surface area contributed by atoms with Crippen molar-refractivity contribution in [3.63, 3.8) is 0 Å². The molecule has 1 aromatic carbocycles. The smallest absolute Gasteiger partial charge is 0.170 e. The van der Waals surface area contributed by atoms with Crippen molar-refractivity contribution in [2.45, 2.75) is 33.2 Å². The Morgan fingerprint density at radius 3 is 2.35 bits per heavy atom. The van der Waals surface area contributed by atoms with Crippen molar-refractivity contribution in [3.8, 4) is 0 Å². The van der Waals surface area contributed by atoms with Gasteiger partial charge in [-0.3, -0.25) is 4.79 Å². The van der Waals surface area contributed by atoms with E-state index in [0.717, 1.165) is 17.5 Å². The first-order chi connectivity index (χ1) is 7.99. The molecule has 1 aliphatic rings. The lowest BCUT2D eigenvalue weighted by molar-refractivity contribution is 0.0942. The average Bonchev–Trinajstić information content (AvgIpc) is 2.69. The van der Waals surface area contributed by atoms with Crippen LogP contribution in [0.25, 0.3) is 0 Å². The molecule has 2 N–H and O–H groups in total. The van der Waals surface area contributed by atoms with E-state index in [9.17, 15) is 4.79 Å². The Balaban J connectivity index is 2.32. The van der Waals surface area contributed by atoms with Crippen LogP contribution in [-0.4, -0.2) is 11.8 Å². The molecule has 0 spiro atoms. The van der Waals surface area contributed by atoms with Gasteiger partial charge in [0.1, 0.15) is 0 Å². The Bertz CT molecular complexity index is 488. The number of hydrogen-bond donors (Lipinski definition) is 1. The second-order valence-electron chi connectivity index (χ2n) is 5.01. The lowest BCUT2D eigenvalue weighted by Crippen LogP contribution is -2.19. The molecule has 0 bridgehead atoms. The van der Waals surface area contributed by atoms with Gasteiger partial charge in [0.25, 0.3) is 0 Å². The average molecular weight is 229 g/mol. The molecule has 0 aliphatic heterocycles. The summed E-state index contributed by atoms with van der Waals surface area (Å²) in [5, 5.41) is 0. The number of ketones is 1. The van der Waals surface area contributed by atoms with Gasteiger partial charge in [-0.15, -0.1) is 0 Å². The standard InChI is InChI=1S/C15H19NO/c1-9-6-11(3)14(7-10(9)2)15(17)12-4-5-13(16)8-12/h4-7,12-13H,8,16H2,1-3H3. The first-order valence-electron chi connectivity index (χ1n) is 6.05. The number of benzene rings is 1. The van der Waals surface area contributed by atoms with Crippen LogP contribution in [0.4, 0.5) is 0 Å². The molecular weight excluding hydrogens is 210 g/mol. The van der Waals surface area contributed by atoms with Crippen molar-refractivity contribution in [3.05, 3.63) is 46.5 Å². The normalized spacial score (nSPS) is 23.1. The summed E-state index contributed by atoms with van der Waals surface area (Å²) in [4.78, 5) is 12.4. The van der Waals surface area contributed by atoms with Gasteiger partial charge < -0.3 is 5.73 Å². The second kappa shape index (κ2) is 4.46. The van der Waals surface area contributed by atoms with Gasteiger partial charge in [-0.05, 0) is 49.9 Å². The second-order valence-corrected chi connectivity index (χ2v) is 5.01. The highest BCUT2D eigenvalue weighted by Crippen LogP contribution is 2.24. The van der Waals surface area contributed by atoms with Gasteiger partial charge in [0.15, 0.2) is 5.78 Å². The monoisotopic (exact) mass is 229 g/mol. The predicted octanol–water partition coefficient (Wildman–Crippen LogP) is 2.70. The van der Waals surface area contributed by atoms with Gasteiger partial charge in [-0.25, -0.2) is 0 Å². The Hall–Kier alpha value is -1.41. The summed E-state index contributed by atoms with van der Waals surface area (Å²) in [6.45, 7) is 6.11. The minimum absolute atomic E-state index is 0.0363. The first kappa shape index (κ1) is 12.1. The van der Waals surface area contributed by atoms with Gasteiger partial charge in [-0.1, -0.05) is 18.2 Å². The number of Topliss-reactive ketones (excluding diaryl/α,β-unsaturated/α-hetero) is 1. The van der Waals surface area contributed by atoms with Gasteiger partial charge in [-0.2, -0.15) is 0 Å². The van der Waals surface area contributed by atoms with E-state index in [0.29, 0.717) is 0 Å². The fourth-order valence-electron chi connectivity index (χ4n) is 2.35. The third-order valence-electron chi connectivity index (χ3n) is 3.56. The maximum Gasteiger partial charge on any atom is 0.170 e. The maximum absolute atomic E-state index is 12.4. The lowest BCUT2D eigenvalue weighted by Gasteiger charge is -2.12. The highest BCUT2D eigenvalue weighted by atomic mass is 16.1. The summed E-state index contributed by atoms with van der Waals surface area (Å²) in [6.07, 6.45) is 4.62. The molecule has 1 aromatic rings. The molecule has 2 rings (SSSR count). The molecule has 2 atom stereocenters. The van der Waals surface area contributed by atoms with Crippen LogP contribution >= 0.6 is 0 Å². The van der Waals surface area contributed by atoms with Crippen LogP contribution in [-0.2, 0) is 0 Å². The first-order valence-corrected chi connectivity index (χ1v) is 6.05. The van der Waals surface area contributed by atoms with Crippen LogP contribution in [0.1, 0.15) is 33.5 Å². The Morgan fingerprint density at radius 1 is 1.12 bits per heavy atom. The molecule has 2 heteroatoms. The van der Waals surface area contributed by atoms with Crippen molar-refractivity contribution in [1.82, 2.24) is 0 Å². The van der Waals surface area contributed by atoms with Crippen LogP contribution in [0.15, 0.2) is 24.3 Å². The molecule has 2 unspecified atom stereocenters. The minimum atomic E-state index is -0.0363. The molecule has 0 radical (unpaired) electrons. The Morgan fingerprint density at radius 2 is 1.76 bits per heavy atom. The Labute approximate surface area is 103 Å². The van der Waals surface area contributed by atoms with Gasteiger partial charge in [0.2, 0.25) is 0 Å². The predicted molar refractivity (Wildman–Crippen MR) is 70.2 cm³/mol. The molecule has 90 valence electrons. The fourth-order valence-corrected chi connectivity index (χ4v) is 2.35. The van der Waals surface area contributed by atoms with Gasteiger partial charge in [0.05, 0.1) is 0 Å². The number of allylic oxidation sites excluding steroid dienone is 1. The fraction of sp³-hybridized carbons (Fsp3) is 0.400. The highest BCUT2D eigenvalue weighted by Gasteiger charge is 2.24. The topological polar surface area (TPSA) is 43.1 Å². The molecule has 1 aliphatic carbocycles. The number of aryl methyl sites for hydroxylation is 3. The summed E-state index contributed by atoms with van der Waals surface area (Å²) in [6, 6.07) is 4.13. The van der Waals surface area contributed by atoms with Crippen molar-refractivity contribution in [2.75, 3.05) is 0 Å². The van der Waals surface area contributed by atoms with Crippen molar-refractivity contribution in [2.24, 2.45) is 11.7 Å². The van der Waals surface area contributed by atoms with Crippen LogP contribution in [0.5, 0.6) is 0 Å². The van der Waals surface area contributed by atoms with Crippen LogP contribution < -0.4 is 5.73 Å². The number of carbonyl (C=O) groups excluding carboxylic acids is 1. The summed E-state index contributed by atoms with van der Waals surface area (Å²) < 4.78 is 0. The van der Waals surface area contributed by atoms with E-state index in [4.69, 9.17) is 5.73 Å². The number of carbonyl (C=O) groups is 1. The zero-order valence-corrected chi connectivity index (χ0v) is 10.7. The van der Waals surface area contributed by atoms with Gasteiger partial charge >= 0.3 is 0 Å². The SMILES string of the molecule is Cc1cc(C)c(C(=O)C2C=CC(N)C2)cc1C. The zero-order chi connectivity index (χ0) is 12.6. The molecule has 0 saturated heterocycles. The number of nitrogens with two attached hydrogens (primary N) is 1. The summed E-state index contributed by atoms with van der Waals surface area (Å²) in [5.74, 6) is 0.167. The van der Waals surface area contributed by atoms with Crippen molar-refractivity contribution < 1.29 is 4.79 Å². The van der Waals surface area contributed by atoms with E-state index in [1.165, 1.54) is 11.1 Å². The molecule has 0 heterocycles. The summed E-state index contributed by atoms with van der Waals surface area (Å²) >= 11 is 0. The third-order valence-corrected chi connectivity index (χ3v) is 3.56. The van der Waals surface area contributed by atoms with Crippen LogP contribution in [0, 0.1) is 26.7 Å². The molecule has 2 nitrogen and oxygen atoms in total. The quantitative estimate of drug-likeness (QED) is 0.626. The van der Waals surface area contributed by atoms with Crippen LogP contribution in [0.3, 0.4) is 0 Å². The third kappa shape index (κ3) is 2.32. The van der Waals surface area contributed by atoms with E-state index in [-0.39, 0.29) is 17.7 Å². The van der Waals surface area contributed by atoms with E-state index < -0.39 is 0 Å². The molecule has 0 aromatic heterocycles. The van der Waals surface area contributed by atoms with Crippen molar-refractivity contribution in [1.29, 1.82) is 0 Å². The van der Waals surface area contributed by atoms with E-state index >= 15 is 0 Å². The molecule has 17 heavy (non-hydrogen) atoms. The van der Waals surface area contributed by atoms with E-state index in [1.54, 1.807) is 0 Å². The highest BCUT2D eigenvalue weighted by molar-refractivity contribution is 6.00. The zero-order valence-electron chi connectivity index (χ0n) is 10.7. The minimum Gasteiger partial charge on any atom is -0.324 e.